The van der Waals surface area contributed by atoms with E-state index in [1.807, 2.05) is 0 Å². The summed E-state index contributed by atoms with van der Waals surface area (Å²) in [5.74, 6) is 0.873. The van der Waals surface area contributed by atoms with Crippen LogP contribution in [0.25, 0.3) is 0 Å². The lowest BCUT2D eigenvalue weighted by Crippen LogP contribution is -2.24. The standard InChI is InChI=1S/C23H45NO/c1-21(2)19-17-15-13-11-9-7-5-6-8-10-12-14-16-18-20-24-23(25)22(3)4/h21H,3,5-20H2,1-2,4H3,(H,24,25). The van der Waals surface area contributed by atoms with Gasteiger partial charge in [-0.25, -0.2) is 0 Å². The summed E-state index contributed by atoms with van der Waals surface area (Å²) in [7, 11) is 0. The molecule has 0 saturated carbocycles. The second-order valence-corrected chi connectivity index (χ2v) is 8.17. The Balaban J connectivity index is 3.07. The van der Waals surface area contributed by atoms with Crippen molar-refractivity contribution in [1.29, 1.82) is 0 Å². The van der Waals surface area contributed by atoms with Crippen molar-refractivity contribution in [2.45, 2.75) is 117 Å². The summed E-state index contributed by atoms with van der Waals surface area (Å²) < 4.78 is 0. The third-order valence-electron chi connectivity index (χ3n) is 4.88. The van der Waals surface area contributed by atoms with Gasteiger partial charge in [-0.05, 0) is 19.3 Å². The number of amides is 1. The van der Waals surface area contributed by atoms with E-state index in [2.05, 4.69) is 25.7 Å². The SMILES string of the molecule is C=C(C)C(=O)NCCCCCCCCCCCCCCCCC(C)C. The number of rotatable bonds is 18. The molecule has 2 nitrogen and oxygen atoms in total. The van der Waals surface area contributed by atoms with Crippen LogP contribution in [0.3, 0.4) is 0 Å². The van der Waals surface area contributed by atoms with E-state index in [1.54, 1.807) is 6.92 Å². The van der Waals surface area contributed by atoms with E-state index >= 15 is 0 Å². The molecule has 25 heavy (non-hydrogen) atoms. The van der Waals surface area contributed by atoms with Crippen LogP contribution in [0.5, 0.6) is 0 Å². The smallest absolute Gasteiger partial charge is 0.246 e. The molecule has 2 heteroatoms. The van der Waals surface area contributed by atoms with Gasteiger partial charge in [0.2, 0.25) is 5.91 Å². The Hall–Kier alpha value is -0.790. The van der Waals surface area contributed by atoms with E-state index in [4.69, 9.17) is 0 Å². The zero-order chi connectivity index (χ0) is 18.8. The predicted molar refractivity (Wildman–Crippen MR) is 112 cm³/mol. The molecule has 0 aliphatic rings. The third-order valence-corrected chi connectivity index (χ3v) is 4.88. The second kappa shape index (κ2) is 18.0. The topological polar surface area (TPSA) is 29.1 Å². The molecule has 0 unspecified atom stereocenters. The van der Waals surface area contributed by atoms with Crippen LogP contribution in [0.15, 0.2) is 12.2 Å². The maximum Gasteiger partial charge on any atom is 0.246 e. The highest BCUT2D eigenvalue weighted by molar-refractivity contribution is 5.91. The van der Waals surface area contributed by atoms with Gasteiger partial charge >= 0.3 is 0 Å². The number of carbonyl (C=O) groups is 1. The van der Waals surface area contributed by atoms with E-state index in [0.29, 0.717) is 5.57 Å². The highest BCUT2D eigenvalue weighted by Gasteiger charge is 1.99. The molecule has 0 rings (SSSR count). The monoisotopic (exact) mass is 351 g/mol. The Kier molecular flexibility index (Phi) is 17.4. The van der Waals surface area contributed by atoms with Gasteiger partial charge < -0.3 is 5.32 Å². The molecular weight excluding hydrogens is 306 g/mol. The van der Waals surface area contributed by atoms with Crippen LogP contribution in [0.4, 0.5) is 0 Å². The highest BCUT2D eigenvalue weighted by Crippen LogP contribution is 2.14. The molecule has 0 bridgehead atoms. The van der Waals surface area contributed by atoms with Crippen molar-refractivity contribution < 1.29 is 4.79 Å². The molecule has 0 heterocycles. The van der Waals surface area contributed by atoms with Gasteiger partial charge in [0.15, 0.2) is 0 Å². The average Bonchev–Trinajstić information content (AvgIpc) is 2.57. The maximum absolute atomic E-state index is 11.3. The summed E-state index contributed by atoms with van der Waals surface area (Å²) in [4.78, 5) is 11.3. The number of nitrogens with one attached hydrogen (secondary N) is 1. The van der Waals surface area contributed by atoms with Gasteiger partial charge in [-0.3, -0.25) is 4.79 Å². The van der Waals surface area contributed by atoms with Crippen LogP contribution in [0.2, 0.25) is 0 Å². The van der Waals surface area contributed by atoms with Crippen molar-refractivity contribution in [2.75, 3.05) is 6.54 Å². The normalized spacial score (nSPS) is 11.0. The van der Waals surface area contributed by atoms with E-state index < -0.39 is 0 Å². The molecule has 0 fully saturated rings. The second-order valence-electron chi connectivity index (χ2n) is 8.17. The summed E-state index contributed by atoms with van der Waals surface area (Å²) in [6.45, 7) is 10.8. The summed E-state index contributed by atoms with van der Waals surface area (Å²) in [5, 5.41) is 2.90. The maximum atomic E-state index is 11.3. The average molecular weight is 352 g/mol. The third kappa shape index (κ3) is 19.4. The van der Waals surface area contributed by atoms with Crippen molar-refractivity contribution in [3.05, 3.63) is 12.2 Å². The molecule has 0 aromatic heterocycles. The van der Waals surface area contributed by atoms with Crippen molar-refractivity contribution >= 4 is 5.91 Å². The lowest BCUT2D eigenvalue weighted by molar-refractivity contribution is -0.117. The molecule has 1 N–H and O–H groups in total. The van der Waals surface area contributed by atoms with Gasteiger partial charge in [-0.2, -0.15) is 0 Å². The summed E-state index contributed by atoms with van der Waals surface area (Å²) >= 11 is 0. The zero-order valence-corrected chi connectivity index (χ0v) is 17.5. The molecule has 1 amide bonds. The Labute approximate surface area is 158 Å². The Morgan fingerprint density at radius 3 is 1.44 bits per heavy atom. The van der Waals surface area contributed by atoms with Crippen molar-refractivity contribution in [3.63, 3.8) is 0 Å². The summed E-state index contributed by atoms with van der Waals surface area (Å²) in [6.07, 6.45) is 20.7. The fourth-order valence-electron chi connectivity index (χ4n) is 3.15. The first-order chi connectivity index (χ1) is 12.0. The minimum Gasteiger partial charge on any atom is -0.352 e. The molecule has 0 aromatic rings. The number of hydrogen-bond donors (Lipinski definition) is 1. The molecule has 148 valence electrons. The van der Waals surface area contributed by atoms with Crippen LogP contribution in [-0.4, -0.2) is 12.5 Å². The molecule has 0 aliphatic carbocycles. The number of unbranched alkanes of at least 4 members (excludes halogenated alkanes) is 13. The molecule has 0 radical (unpaired) electrons. The molecule has 0 aliphatic heterocycles. The van der Waals surface area contributed by atoms with Crippen LogP contribution >= 0.6 is 0 Å². The van der Waals surface area contributed by atoms with Gasteiger partial charge in [0.1, 0.15) is 0 Å². The lowest BCUT2D eigenvalue weighted by Gasteiger charge is -2.05. The minimum atomic E-state index is -0.00411. The van der Waals surface area contributed by atoms with E-state index in [-0.39, 0.29) is 5.91 Å². The van der Waals surface area contributed by atoms with Crippen molar-refractivity contribution in [1.82, 2.24) is 5.32 Å². The fourth-order valence-corrected chi connectivity index (χ4v) is 3.15. The fraction of sp³-hybridized carbons (Fsp3) is 0.870. The molecule has 0 aromatic carbocycles. The summed E-state index contributed by atoms with van der Waals surface area (Å²) in [5.41, 5.74) is 0.603. The van der Waals surface area contributed by atoms with Crippen LogP contribution < -0.4 is 5.32 Å². The number of hydrogen-bond acceptors (Lipinski definition) is 1. The van der Waals surface area contributed by atoms with Gasteiger partial charge in [-0.15, -0.1) is 0 Å². The molecule has 0 atom stereocenters. The number of carbonyl (C=O) groups excluding carboxylic acids is 1. The quantitative estimate of drug-likeness (QED) is 0.205. The van der Waals surface area contributed by atoms with Gasteiger partial charge in [-0.1, -0.05) is 110 Å². The van der Waals surface area contributed by atoms with E-state index in [9.17, 15) is 4.79 Å². The Morgan fingerprint density at radius 2 is 1.08 bits per heavy atom. The largest absolute Gasteiger partial charge is 0.352 e. The predicted octanol–water partition coefficient (Wildman–Crippen LogP) is 7.19. The first-order valence-electron chi connectivity index (χ1n) is 11.0. The Bertz CT molecular complexity index is 322. The van der Waals surface area contributed by atoms with Gasteiger partial charge in [0.05, 0.1) is 0 Å². The first-order valence-corrected chi connectivity index (χ1v) is 11.0. The zero-order valence-electron chi connectivity index (χ0n) is 17.5. The first kappa shape index (κ1) is 24.2. The lowest BCUT2D eigenvalue weighted by atomic mass is 10.0. The van der Waals surface area contributed by atoms with Crippen molar-refractivity contribution in [2.24, 2.45) is 5.92 Å². The Morgan fingerprint density at radius 1 is 0.720 bits per heavy atom. The highest BCUT2D eigenvalue weighted by atomic mass is 16.1. The summed E-state index contributed by atoms with van der Waals surface area (Å²) in [6, 6.07) is 0. The van der Waals surface area contributed by atoms with Gasteiger partial charge in [0, 0.05) is 12.1 Å². The molecule has 0 spiro atoms. The van der Waals surface area contributed by atoms with Crippen LogP contribution in [0, 0.1) is 5.92 Å². The van der Waals surface area contributed by atoms with E-state index in [0.717, 1.165) is 18.9 Å². The van der Waals surface area contributed by atoms with E-state index in [1.165, 1.54) is 89.9 Å². The molecule has 0 saturated heterocycles. The molecular formula is C23H45NO. The van der Waals surface area contributed by atoms with Crippen LogP contribution in [0.1, 0.15) is 117 Å². The van der Waals surface area contributed by atoms with Crippen molar-refractivity contribution in [3.8, 4) is 0 Å². The van der Waals surface area contributed by atoms with Gasteiger partial charge in [0.25, 0.3) is 0 Å². The van der Waals surface area contributed by atoms with Crippen LogP contribution in [-0.2, 0) is 4.79 Å². The minimum absolute atomic E-state index is 0.00411.